The molecule has 1 N–H and O–H groups in total. The van der Waals surface area contributed by atoms with Crippen molar-refractivity contribution in [2.45, 2.75) is 6.04 Å². The molecular formula is C19H16FN3O3. The number of fused-ring (bicyclic) bond motifs is 2. The second-order valence-electron chi connectivity index (χ2n) is 6.31. The maximum atomic E-state index is 13.4. The molecule has 2 heterocycles. The second-order valence-corrected chi connectivity index (χ2v) is 6.31. The van der Waals surface area contributed by atoms with Crippen LogP contribution in [0.3, 0.4) is 0 Å². The molecule has 2 aliphatic rings. The Hall–Kier alpha value is -3.22. The summed E-state index contributed by atoms with van der Waals surface area (Å²) in [7, 11) is 0. The van der Waals surface area contributed by atoms with Gasteiger partial charge in [-0.3, -0.25) is 14.4 Å². The minimum absolute atomic E-state index is 0.0703. The Morgan fingerprint density at radius 1 is 1.08 bits per heavy atom. The van der Waals surface area contributed by atoms with Crippen molar-refractivity contribution in [2.24, 2.45) is 0 Å². The predicted octanol–water partition coefficient (Wildman–Crippen LogP) is 1.74. The molecule has 0 spiro atoms. The summed E-state index contributed by atoms with van der Waals surface area (Å²) in [4.78, 5) is 41.0. The van der Waals surface area contributed by atoms with Crippen molar-refractivity contribution in [3.63, 3.8) is 0 Å². The van der Waals surface area contributed by atoms with E-state index in [-0.39, 0.29) is 42.9 Å². The SMILES string of the molecule is O=C1Nc2ccccc2C(=O)N2CCN(C(=O)c3cccc(F)c3)CC12. The summed E-state index contributed by atoms with van der Waals surface area (Å²) in [6, 6.07) is 11.5. The maximum absolute atomic E-state index is 13.4. The van der Waals surface area contributed by atoms with Crippen LogP contribution in [0, 0.1) is 5.82 Å². The number of hydrogen-bond acceptors (Lipinski definition) is 3. The van der Waals surface area contributed by atoms with Crippen molar-refractivity contribution in [3.8, 4) is 0 Å². The first kappa shape index (κ1) is 16.3. The smallest absolute Gasteiger partial charge is 0.256 e. The van der Waals surface area contributed by atoms with Gasteiger partial charge in [0, 0.05) is 18.7 Å². The fourth-order valence-electron chi connectivity index (χ4n) is 3.39. The molecule has 1 saturated heterocycles. The highest BCUT2D eigenvalue weighted by Gasteiger charge is 2.40. The highest BCUT2D eigenvalue weighted by atomic mass is 19.1. The summed E-state index contributed by atoms with van der Waals surface area (Å²) in [5.41, 5.74) is 1.13. The molecule has 6 nitrogen and oxygen atoms in total. The van der Waals surface area contributed by atoms with Crippen LogP contribution in [0.2, 0.25) is 0 Å². The van der Waals surface area contributed by atoms with E-state index in [1.807, 2.05) is 0 Å². The van der Waals surface area contributed by atoms with Crippen LogP contribution in [0.15, 0.2) is 48.5 Å². The minimum atomic E-state index is -0.777. The van der Waals surface area contributed by atoms with Crippen LogP contribution in [-0.4, -0.2) is 53.2 Å². The summed E-state index contributed by atoms with van der Waals surface area (Å²) in [6.45, 7) is 0.597. The van der Waals surface area contributed by atoms with Crippen LogP contribution in [0.5, 0.6) is 0 Å². The van der Waals surface area contributed by atoms with Crippen LogP contribution in [0.1, 0.15) is 20.7 Å². The first-order valence-electron chi connectivity index (χ1n) is 8.30. The molecule has 0 aromatic heterocycles. The van der Waals surface area contributed by atoms with Gasteiger partial charge in [-0.2, -0.15) is 0 Å². The molecule has 4 rings (SSSR count). The molecule has 0 bridgehead atoms. The lowest BCUT2D eigenvalue weighted by molar-refractivity contribution is -0.121. The molecule has 7 heteroatoms. The van der Waals surface area contributed by atoms with E-state index in [0.29, 0.717) is 11.3 Å². The van der Waals surface area contributed by atoms with Gasteiger partial charge in [-0.15, -0.1) is 0 Å². The van der Waals surface area contributed by atoms with E-state index in [1.54, 1.807) is 24.3 Å². The molecule has 2 aliphatic heterocycles. The molecule has 0 saturated carbocycles. The Labute approximate surface area is 149 Å². The standard InChI is InChI=1S/C19H16FN3O3/c20-13-5-3-4-12(10-13)18(25)22-8-9-23-16(11-22)17(24)21-15-7-2-1-6-14(15)19(23)26/h1-7,10,16H,8-9,11H2,(H,21,24). The third kappa shape index (κ3) is 2.71. The number of halogens is 1. The normalized spacial score (nSPS) is 19.3. The Balaban J connectivity index is 1.60. The Bertz CT molecular complexity index is 914. The highest BCUT2D eigenvalue weighted by Crippen LogP contribution is 2.25. The van der Waals surface area contributed by atoms with Crippen molar-refractivity contribution in [1.82, 2.24) is 9.80 Å². The van der Waals surface area contributed by atoms with E-state index in [1.165, 1.54) is 34.1 Å². The number of benzene rings is 2. The number of rotatable bonds is 1. The average molecular weight is 353 g/mol. The summed E-state index contributed by atoms with van der Waals surface area (Å²) in [6.07, 6.45) is 0. The number of nitrogens with one attached hydrogen (secondary N) is 1. The number of carbonyl (C=O) groups excluding carboxylic acids is 3. The van der Waals surface area contributed by atoms with Crippen molar-refractivity contribution >= 4 is 23.4 Å². The van der Waals surface area contributed by atoms with Crippen LogP contribution in [-0.2, 0) is 4.79 Å². The molecule has 3 amide bonds. The summed E-state index contributed by atoms with van der Waals surface area (Å²) in [5, 5.41) is 2.76. The van der Waals surface area contributed by atoms with Crippen LogP contribution < -0.4 is 5.32 Å². The number of para-hydroxylation sites is 1. The van der Waals surface area contributed by atoms with E-state index in [2.05, 4.69) is 5.32 Å². The van der Waals surface area contributed by atoms with Gasteiger partial charge in [0.25, 0.3) is 11.8 Å². The van der Waals surface area contributed by atoms with Crippen molar-refractivity contribution < 1.29 is 18.8 Å². The first-order valence-corrected chi connectivity index (χ1v) is 8.30. The van der Waals surface area contributed by atoms with E-state index in [9.17, 15) is 18.8 Å². The molecule has 1 atom stereocenters. The fourth-order valence-corrected chi connectivity index (χ4v) is 3.39. The predicted molar refractivity (Wildman–Crippen MR) is 92.2 cm³/mol. The monoisotopic (exact) mass is 353 g/mol. The number of carbonyl (C=O) groups is 3. The Morgan fingerprint density at radius 3 is 2.69 bits per heavy atom. The zero-order chi connectivity index (χ0) is 18.3. The summed E-state index contributed by atoms with van der Waals surface area (Å²) in [5.74, 6) is -1.42. The largest absolute Gasteiger partial charge is 0.334 e. The lowest BCUT2D eigenvalue weighted by Crippen LogP contribution is -2.59. The number of piperazine rings is 1. The zero-order valence-electron chi connectivity index (χ0n) is 13.8. The van der Waals surface area contributed by atoms with Crippen LogP contribution in [0.25, 0.3) is 0 Å². The molecule has 0 aliphatic carbocycles. The molecule has 1 fully saturated rings. The fraction of sp³-hybridized carbons (Fsp3) is 0.211. The highest BCUT2D eigenvalue weighted by molar-refractivity contribution is 6.10. The average Bonchev–Trinajstić information content (AvgIpc) is 2.76. The van der Waals surface area contributed by atoms with Gasteiger partial charge in [-0.1, -0.05) is 18.2 Å². The Morgan fingerprint density at radius 2 is 1.88 bits per heavy atom. The number of amides is 3. The summed E-state index contributed by atoms with van der Waals surface area (Å²) >= 11 is 0. The molecule has 0 radical (unpaired) electrons. The van der Waals surface area contributed by atoms with Crippen molar-refractivity contribution in [3.05, 3.63) is 65.5 Å². The van der Waals surface area contributed by atoms with Crippen LogP contribution >= 0.6 is 0 Å². The van der Waals surface area contributed by atoms with Gasteiger partial charge in [0.05, 0.1) is 17.8 Å². The topological polar surface area (TPSA) is 69.7 Å². The number of hydrogen-bond donors (Lipinski definition) is 1. The second kappa shape index (κ2) is 6.25. The van der Waals surface area contributed by atoms with Gasteiger partial charge in [-0.05, 0) is 30.3 Å². The third-order valence-corrected chi connectivity index (χ3v) is 4.72. The third-order valence-electron chi connectivity index (χ3n) is 4.72. The number of nitrogens with zero attached hydrogens (tertiary/aromatic N) is 2. The maximum Gasteiger partial charge on any atom is 0.256 e. The molecule has 132 valence electrons. The van der Waals surface area contributed by atoms with Crippen LogP contribution in [0.4, 0.5) is 10.1 Å². The summed E-state index contributed by atoms with van der Waals surface area (Å²) < 4.78 is 13.4. The van der Waals surface area contributed by atoms with Gasteiger partial charge in [0.1, 0.15) is 11.9 Å². The zero-order valence-corrected chi connectivity index (χ0v) is 13.8. The first-order chi connectivity index (χ1) is 12.5. The lowest BCUT2D eigenvalue weighted by atomic mass is 10.1. The molecule has 1 unspecified atom stereocenters. The van der Waals surface area contributed by atoms with E-state index in [4.69, 9.17) is 0 Å². The quantitative estimate of drug-likeness (QED) is 0.849. The minimum Gasteiger partial charge on any atom is -0.334 e. The number of anilines is 1. The molecular weight excluding hydrogens is 337 g/mol. The van der Waals surface area contributed by atoms with Gasteiger partial charge in [0.2, 0.25) is 5.91 Å². The van der Waals surface area contributed by atoms with E-state index >= 15 is 0 Å². The van der Waals surface area contributed by atoms with Gasteiger partial charge in [0.15, 0.2) is 0 Å². The lowest BCUT2D eigenvalue weighted by Gasteiger charge is -2.39. The van der Waals surface area contributed by atoms with Gasteiger partial charge in [-0.25, -0.2) is 4.39 Å². The van der Waals surface area contributed by atoms with Gasteiger partial charge < -0.3 is 15.1 Å². The van der Waals surface area contributed by atoms with Crippen molar-refractivity contribution in [1.29, 1.82) is 0 Å². The Kier molecular flexibility index (Phi) is 3.91. The van der Waals surface area contributed by atoms with E-state index < -0.39 is 11.9 Å². The van der Waals surface area contributed by atoms with Crippen molar-refractivity contribution in [2.75, 3.05) is 25.0 Å². The van der Waals surface area contributed by atoms with E-state index in [0.717, 1.165) is 0 Å². The molecule has 2 aromatic carbocycles. The molecule has 2 aromatic rings. The van der Waals surface area contributed by atoms with Gasteiger partial charge >= 0.3 is 0 Å². The molecule has 26 heavy (non-hydrogen) atoms.